The van der Waals surface area contributed by atoms with Gasteiger partial charge in [0.1, 0.15) is 0 Å². The van der Waals surface area contributed by atoms with Gasteiger partial charge in [-0.1, -0.05) is 0 Å². The van der Waals surface area contributed by atoms with Gasteiger partial charge in [-0.2, -0.15) is 13.2 Å². The second kappa shape index (κ2) is 7.27. The van der Waals surface area contributed by atoms with Crippen LogP contribution in [0.4, 0.5) is 13.2 Å². The van der Waals surface area contributed by atoms with E-state index in [0.717, 1.165) is 0 Å². The number of hydrogen-bond donors (Lipinski definition) is 1. The van der Waals surface area contributed by atoms with Crippen molar-refractivity contribution in [2.75, 3.05) is 13.9 Å². The van der Waals surface area contributed by atoms with E-state index in [4.69, 9.17) is 0 Å². The maximum absolute atomic E-state index is 12.3. The van der Waals surface area contributed by atoms with Gasteiger partial charge >= 0.3 is 28.7 Å². The maximum atomic E-state index is 12.3. The van der Waals surface area contributed by atoms with Gasteiger partial charge in [0.2, 0.25) is 0 Å². The van der Waals surface area contributed by atoms with Crippen molar-refractivity contribution in [3.63, 3.8) is 0 Å². The quantitative estimate of drug-likeness (QED) is 0.183. The van der Waals surface area contributed by atoms with Gasteiger partial charge in [-0.15, -0.1) is 0 Å². The number of carbonyl (C=O) groups excluding carboxylic acids is 1. The zero-order valence-electron chi connectivity index (χ0n) is 8.67. The van der Waals surface area contributed by atoms with Crippen molar-refractivity contribution in [3.05, 3.63) is 11.6 Å². The minimum Gasteiger partial charge on any atom is -0.435 e. The number of methoxy groups -OCH3 is 1. The average Bonchev–Trinajstić information content (AvgIpc) is 2.19. The monoisotopic (exact) mass is 254 g/mol. The molecule has 5 nitrogen and oxygen atoms in total. The summed E-state index contributed by atoms with van der Waals surface area (Å²) in [7, 11) is 1.24. The van der Waals surface area contributed by atoms with Gasteiger partial charge in [0.15, 0.2) is 6.79 Å². The molecule has 0 spiro atoms. The molecular formula is C7H10AlF3N2O3. The molecule has 9 heteroatoms. The van der Waals surface area contributed by atoms with E-state index in [-0.39, 0.29) is 0 Å². The Morgan fingerprint density at radius 3 is 2.62 bits per heavy atom. The fourth-order valence-corrected chi connectivity index (χ4v) is 0.741. The third-order valence-corrected chi connectivity index (χ3v) is 1.51. The predicted octanol–water partition coefficient (Wildman–Crippen LogP) is -0.254. The second-order valence-corrected chi connectivity index (χ2v) is 2.90. The molecule has 0 radical (unpaired) electrons. The van der Waals surface area contributed by atoms with Gasteiger partial charge < -0.3 is 13.9 Å². The Hall–Kier alpha value is -1.04. The Bertz CT molecular complexity index is 291. The topological polar surface area (TPSA) is 59.9 Å². The van der Waals surface area contributed by atoms with Crippen LogP contribution < -0.4 is 4.41 Å². The lowest BCUT2D eigenvalue weighted by molar-refractivity contribution is -0.148. The number of hydrogen-bond acceptors (Lipinski definition) is 5. The lowest BCUT2D eigenvalue weighted by Gasteiger charge is -2.06. The molecule has 0 aliphatic rings. The molecule has 0 aromatic heterocycles. The Morgan fingerprint density at radius 2 is 2.19 bits per heavy atom. The van der Waals surface area contributed by atoms with Gasteiger partial charge in [-0.25, -0.2) is 9.90 Å². The molecule has 0 unspecified atom stereocenters. The molecule has 0 aliphatic heterocycles. The van der Waals surface area contributed by atoms with E-state index in [0.29, 0.717) is 28.8 Å². The number of halogens is 3. The molecule has 0 aromatic rings. The highest BCUT2D eigenvalue weighted by molar-refractivity contribution is 6.04. The van der Waals surface area contributed by atoms with Gasteiger partial charge in [0.25, 0.3) is 0 Å². The molecule has 0 rings (SSSR count). The van der Waals surface area contributed by atoms with Crippen LogP contribution in [0.25, 0.3) is 0 Å². The van der Waals surface area contributed by atoms with Gasteiger partial charge in [-0.3, -0.25) is 0 Å². The van der Waals surface area contributed by atoms with Crippen LogP contribution in [-0.2, 0) is 14.3 Å². The van der Waals surface area contributed by atoms with E-state index in [2.05, 4.69) is 19.0 Å². The van der Waals surface area contributed by atoms with E-state index in [1.54, 1.807) is 0 Å². The summed E-state index contributed by atoms with van der Waals surface area (Å²) in [5.74, 6) is -1.14. The van der Waals surface area contributed by atoms with Crippen LogP contribution in [0.15, 0.2) is 16.8 Å². The smallest absolute Gasteiger partial charge is 0.418 e. The molecule has 0 fully saturated rings. The van der Waals surface area contributed by atoms with Crippen LogP contribution in [0.5, 0.6) is 0 Å². The first-order chi connectivity index (χ1) is 7.41. The lowest BCUT2D eigenvalue weighted by atomic mass is 10.2. The molecule has 1 N–H and O–H groups in total. The molecule has 0 aliphatic carbocycles. The van der Waals surface area contributed by atoms with Crippen molar-refractivity contribution in [1.82, 2.24) is 4.41 Å². The zero-order chi connectivity index (χ0) is 12.6. The van der Waals surface area contributed by atoms with Crippen LogP contribution in [0.1, 0.15) is 0 Å². The highest BCUT2D eigenvalue weighted by atomic mass is 27.1. The normalized spacial score (nSPS) is 12.9. The third-order valence-electron chi connectivity index (χ3n) is 1.25. The van der Waals surface area contributed by atoms with Gasteiger partial charge in [-0.05, 0) is 0 Å². The Kier molecular flexibility index (Phi) is 6.80. The number of hydrazone groups is 1. The van der Waals surface area contributed by atoms with Gasteiger partial charge in [0.05, 0.1) is 11.8 Å². The summed E-state index contributed by atoms with van der Waals surface area (Å²) < 4.78 is 47.9. The number of carbonyl (C=O) groups is 1. The highest BCUT2D eigenvalue weighted by Crippen LogP contribution is 2.23. The predicted molar refractivity (Wildman–Crippen MR) is 52.3 cm³/mol. The van der Waals surface area contributed by atoms with Crippen molar-refractivity contribution < 1.29 is 27.4 Å². The molecule has 0 saturated carbocycles. The number of ether oxygens (including phenoxy) is 2. The third kappa shape index (κ3) is 6.45. The highest BCUT2D eigenvalue weighted by Gasteiger charge is 2.33. The Balaban J connectivity index is 4.69. The first kappa shape index (κ1) is 15.0. The van der Waals surface area contributed by atoms with E-state index in [9.17, 15) is 18.0 Å². The fraction of sp³-hybridized carbons (Fsp3) is 0.429. The molecule has 0 heterocycles. The molecule has 90 valence electrons. The number of alkyl halides is 3. The minimum atomic E-state index is -4.66. The summed E-state index contributed by atoms with van der Waals surface area (Å²) in [6.07, 6.45) is -3.84. The summed E-state index contributed by atoms with van der Waals surface area (Å²) in [6, 6.07) is 0. The van der Waals surface area contributed by atoms with Crippen LogP contribution in [0.3, 0.4) is 0 Å². The van der Waals surface area contributed by atoms with Crippen LogP contribution in [0.2, 0.25) is 0 Å². The van der Waals surface area contributed by atoms with E-state index >= 15 is 0 Å². The maximum Gasteiger partial charge on any atom is 0.418 e. The number of rotatable bonds is 5. The van der Waals surface area contributed by atoms with E-state index in [1.807, 2.05) is 0 Å². The second-order valence-electron chi connectivity index (χ2n) is 2.45. The molecule has 16 heavy (non-hydrogen) atoms. The number of esters is 1. The lowest BCUT2D eigenvalue weighted by Crippen LogP contribution is -2.17. The first-order valence-electron chi connectivity index (χ1n) is 4.06. The van der Waals surface area contributed by atoms with E-state index < -0.39 is 24.5 Å². The number of nitrogens with one attached hydrogen (secondary N) is 1. The molecular weight excluding hydrogens is 244 g/mol. The van der Waals surface area contributed by atoms with Crippen LogP contribution >= 0.6 is 0 Å². The molecule has 0 saturated heterocycles. The SMILES string of the molecule is COCOC(=O)/C=C(\C=N\[NH][AlH2])C(F)(F)F. The van der Waals surface area contributed by atoms with Crippen molar-refractivity contribution in [3.8, 4) is 0 Å². The fourth-order valence-electron chi connectivity index (χ4n) is 0.612. The van der Waals surface area contributed by atoms with Crippen molar-refractivity contribution in [2.45, 2.75) is 6.18 Å². The van der Waals surface area contributed by atoms with Crippen LogP contribution in [0, 0.1) is 0 Å². The summed E-state index contributed by atoms with van der Waals surface area (Å²) >= 11 is 0.403. The molecule has 0 bridgehead atoms. The average molecular weight is 254 g/mol. The zero-order valence-corrected chi connectivity index (χ0v) is 10.7. The Labute approximate surface area is 97.9 Å². The number of allylic oxidation sites excluding steroid dienone is 1. The minimum absolute atomic E-state index is 0.307. The summed E-state index contributed by atoms with van der Waals surface area (Å²) in [4.78, 5) is 10.9. The summed E-state index contributed by atoms with van der Waals surface area (Å²) in [6.45, 7) is -0.406. The summed E-state index contributed by atoms with van der Waals surface area (Å²) in [5, 5.41) is 3.23. The van der Waals surface area contributed by atoms with Crippen molar-refractivity contribution in [1.29, 1.82) is 0 Å². The molecule has 0 aromatic carbocycles. The molecule has 0 atom stereocenters. The van der Waals surface area contributed by atoms with Gasteiger partial charge in [0, 0.05) is 13.2 Å². The standard InChI is InChI=1S/C7H9F3N2O3.Al.2H/c1-14-4-15-6(13)2-5(3-12-11)7(8,9)10;;;/h2-3H,4H2,1H3,(H2,11,13);;;/q;+1;;/p-1. The Morgan fingerprint density at radius 1 is 1.56 bits per heavy atom. The summed E-state index contributed by atoms with van der Waals surface area (Å²) in [5.41, 5.74) is -1.20. The van der Waals surface area contributed by atoms with E-state index in [1.165, 1.54) is 7.11 Å². The largest absolute Gasteiger partial charge is 0.435 e. The first-order valence-corrected chi connectivity index (χ1v) is 5.06. The van der Waals surface area contributed by atoms with Crippen molar-refractivity contribution >= 4 is 28.7 Å². The van der Waals surface area contributed by atoms with Crippen molar-refractivity contribution in [2.24, 2.45) is 5.10 Å². The molecule has 0 amide bonds. The number of nitrogens with zero attached hydrogens (tertiary/aromatic N) is 1. The van der Waals surface area contributed by atoms with Crippen LogP contribution in [-0.4, -0.2) is 48.8 Å².